The topological polar surface area (TPSA) is 9.23 Å². The summed E-state index contributed by atoms with van der Waals surface area (Å²) in [6.45, 7) is 17.7. The smallest absolute Gasteiger partial charge is 0.250 e. The first kappa shape index (κ1) is 14.6. The molecule has 98 valence electrons. The van der Waals surface area contributed by atoms with Gasteiger partial charge in [-0.2, -0.15) is 0 Å². The molecule has 0 spiro atoms. The van der Waals surface area contributed by atoms with E-state index in [1.807, 2.05) is 0 Å². The van der Waals surface area contributed by atoms with Gasteiger partial charge in [-0.3, -0.25) is 0 Å². The summed E-state index contributed by atoms with van der Waals surface area (Å²) in [5.41, 5.74) is 1.41. The van der Waals surface area contributed by atoms with Crippen molar-refractivity contribution in [2.45, 2.75) is 65.1 Å². The van der Waals surface area contributed by atoms with Crippen LogP contribution >= 0.6 is 0 Å². The zero-order valence-corrected chi connectivity index (χ0v) is 13.4. The predicted octanol–water partition coefficient (Wildman–Crippen LogP) is 5.27. The molecule has 0 amide bonds. The van der Waals surface area contributed by atoms with Crippen LogP contribution in [-0.4, -0.2) is 8.32 Å². The molecule has 17 heavy (non-hydrogen) atoms. The molecule has 0 fully saturated rings. The van der Waals surface area contributed by atoms with E-state index in [1.54, 1.807) is 0 Å². The van der Waals surface area contributed by atoms with E-state index in [9.17, 15) is 0 Å². The standard InChI is InChI=1S/C15H28OSi/c1-8-13-10-9-11-14(12(13)2)16-17(6,7)15(3,4)5/h8,13H,1,9-11H2,2-7H3/t13-/m0/s1. The Morgan fingerprint density at radius 1 is 1.35 bits per heavy atom. The van der Waals surface area contributed by atoms with Gasteiger partial charge in [-0.15, -0.1) is 6.58 Å². The second-order valence-electron chi connectivity index (χ2n) is 6.70. The van der Waals surface area contributed by atoms with Crippen LogP contribution in [0.2, 0.25) is 18.1 Å². The van der Waals surface area contributed by atoms with E-state index in [-0.39, 0.29) is 5.04 Å². The van der Waals surface area contributed by atoms with Gasteiger partial charge in [-0.25, -0.2) is 0 Å². The Kier molecular flexibility index (Phi) is 4.29. The SMILES string of the molecule is C=C[C@H]1CCCC(O[Si](C)(C)C(C)(C)C)=C1C. The third-order valence-corrected chi connectivity index (χ3v) is 8.75. The minimum atomic E-state index is -1.67. The largest absolute Gasteiger partial charge is 0.547 e. The maximum Gasteiger partial charge on any atom is 0.250 e. The Morgan fingerprint density at radius 2 is 1.94 bits per heavy atom. The second-order valence-corrected chi connectivity index (χ2v) is 11.4. The van der Waals surface area contributed by atoms with Crippen LogP contribution in [0.15, 0.2) is 24.0 Å². The molecular formula is C15H28OSi. The fourth-order valence-corrected chi connectivity index (χ4v) is 3.18. The second kappa shape index (κ2) is 5.01. The highest BCUT2D eigenvalue weighted by Crippen LogP contribution is 2.41. The molecule has 0 unspecified atom stereocenters. The van der Waals surface area contributed by atoms with Crippen molar-refractivity contribution >= 4 is 8.32 Å². The minimum Gasteiger partial charge on any atom is -0.547 e. The van der Waals surface area contributed by atoms with Crippen molar-refractivity contribution in [2.24, 2.45) is 5.92 Å². The molecule has 1 rings (SSSR count). The van der Waals surface area contributed by atoms with E-state index >= 15 is 0 Å². The Labute approximate surface area is 108 Å². The Hall–Kier alpha value is -0.503. The van der Waals surface area contributed by atoms with Crippen molar-refractivity contribution < 1.29 is 4.43 Å². The highest BCUT2D eigenvalue weighted by Gasteiger charge is 2.40. The van der Waals surface area contributed by atoms with Gasteiger partial charge >= 0.3 is 0 Å². The summed E-state index contributed by atoms with van der Waals surface area (Å²) in [7, 11) is -1.67. The van der Waals surface area contributed by atoms with Crippen molar-refractivity contribution in [1.82, 2.24) is 0 Å². The molecular weight excluding hydrogens is 224 g/mol. The van der Waals surface area contributed by atoms with Gasteiger partial charge in [0.2, 0.25) is 8.32 Å². The van der Waals surface area contributed by atoms with E-state index in [0.717, 1.165) is 6.42 Å². The van der Waals surface area contributed by atoms with Crippen LogP contribution in [0.1, 0.15) is 47.0 Å². The fraction of sp³-hybridized carbons (Fsp3) is 0.733. The number of hydrogen-bond donors (Lipinski definition) is 0. The van der Waals surface area contributed by atoms with Gasteiger partial charge < -0.3 is 4.43 Å². The number of hydrogen-bond acceptors (Lipinski definition) is 1. The van der Waals surface area contributed by atoms with Crippen LogP contribution in [-0.2, 0) is 4.43 Å². The zero-order chi connectivity index (χ0) is 13.3. The first-order valence-electron chi connectivity index (χ1n) is 6.70. The molecule has 0 radical (unpaired) electrons. The van der Waals surface area contributed by atoms with Gasteiger partial charge in [0.15, 0.2) is 0 Å². The summed E-state index contributed by atoms with van der Waals surface area (Å²) in [4.78, 5) is 0. The highest BCUT2D eigenvalue weighted by atomic mass is 28.4. The summed E-state index contributed by atoms with van der Waals surface area (Å²) in [6.07, 6.45) is 5.66. The van der Waals surface area contributed by atoms with E-state index in [1.165, 1.54) is 24.2 Å². The van der Waals surface area contributed by atoms with Crippen LogP contribution < -0.4 is 0 Å². The summed E-state index contributed by atoms with van der Waals surface area (Å²) in [5, 5.41) is 0.279. The fourth-order valence-electron chi connectivity index (χ4n) is 1.99. The number of rotatable bonds is 3. The Morgan fingerprint density at radius 3 is 2.41 bits per heavy atom. The zero-order valence-electron chi connectivity index (χ0n) is 12.4. The molecule has 0 aromatic heterocycles. The quantitative estimate of drug-likeness (QED) is 0.491. The third-order valence-electron chi connectivity index (χ3n) is 4.38. The normalized spacial score (nSPS) is 22.6. The molecule has 0 saturated heterocycles. The van der Waals surface area contributed by atoms with Crippen LogP contribution in [0.4, 0.5) is 0 Å². The third kappa shape index (κ3) is 3.24. The Bertz CT molecular complexity index is 320. The first-order valence-corrected chi connectivity index (χ1v) is 9.61. The predicted molar refractivity (Wildman–Crippen MR) is 78.5 cm³/mol. The molecule has 0 aliphatic heterocycles. The van der Waals surface area contributed by atoms with Gasteiger partial charge in [0, 0.05) is 12.3 Å². The van der Waals surface area contributed by atoms with Gasteiger partial charge in [-0.05, 0) is 43.5 Å². The van der Waals surface area contributed by atoms with Crippen LogP contribution in [0.5, 0.6) is 0 Å². The van der Waals surface area contributed by atoms with E-state index < -0.39 is 8.32 Å². The van der Waals surface area contributed by atoms with Crippen molar-refractivity contribution in [3.05, 3.63) is 24.0 Å². The van der Waals surface area contributed by atoms with Crippen molar-refractivity contribution in [3.63, 3.8) is 0 Å². The van der Waals surface area contributed by atoms with E-state index in [2.05, 4.69) is 53.4 Å². The minimum absolute atomic E-state index is 0.279. The highest BCUT2D eigenvalue weighted by molar-refractivity contribution is 6.74. The lowest BCUT2D eigenvalue weighted by molar-refractivity contribution is 0.334. The molecule has 2 heteroatoms. The van der Waals surface area contributed by atoms with Crippen molar-refractivity contribution in [2.75, 3.05) is 0 Å². The molecule has 0 aromatic carbocycles. The van der Waals surface area contributed by atoms with Crippen molar-refractivity contribution in [1.29, 1.82) is 0 Å². The molecule has 0 heterocycles. The molecule has 0 N–H and O–H groups in total. The summed E-state index contributed by atoms with van der Waals surface area (Å²) >= 11 is 0. The lowest BCUT2D eigenvalue weighted by Crippen LogP contribution is -2.41. The molecule has 0 saturated carbocycles. The average molecular weight is 252 g/mol. The summed E-state index contributed by atoms with van der Waals surface area (Å²) in [5.74, 6) is 1.79. The maximum absolute atomic E-state index is 6.46. The van der Waals surface area contributed by atoms with Crippen molar-refractivity contribution in [3.8, 4) is 0 Å². The van der Waals surface area contributed by atoms with Gasteiger partial charge in [0.25, 0.3) is 0 Å². The number of allylic oxidation sites excluding steroid dienone is 3. The van der Waals surface area contributed by atoms with Crippen LogP contribution in [0.3, 0.4) is 0 Å². The van der Waals surface area contributed by atoms with Gasteiger partial charge in [-0.1, -0.05) is 26.8 Å². The van der Waals surface area contributed by atoms with E-state index in [4.69, 9.17) is 4.43 Å². The molecule has 1 atom stereocenters. The molecule has 1 nitrogen and oxygen atoms in total. The average Bonchev–Trinajstić information content (AvgIpc) is 2.19. The molecule has 0 aromatic rings. The maximum atomic E-state index is 6.46. The van der Waals surface area contributed by atoms with Crippen LogP contribution in [0.25, 0.3) is 0 Å². The lowest BCUT2D eigenvalue weighted by Gasteiger charge is -2.39. The lowest BCUT2D eigenvalue weighted by atomic mass is 9.88. The molecule has 1 aliphatic carbocycles. The van der Waals surface area contributed by atoms with E-state index in [0.29, 0.717) is 5.92 Å². The van der Waals surface area contributed by atoms with Gasteiger partial charge in [0.1, 0.15) is 0 Å². The summed E-state index contributed by atoms with van der Waals surface area (Å²) in [6, 6.07) is 0. The Balaban J connectivity index is 2.91. The molecule has 0 bridgehead atoms. The van der Waals surface area contributed by atoms with Crippen LogP contribution in [0, 0.1) is 5.92 Å². The molecule has 1 aliphatic rings. The monoisotopic (exact) mass is 252 g/mol. The van der Waals surface area contributed by atoms with Gasteiger partial charge in [0.05, 0.1) is 5.76 Å². The summed E-state index contributed by atoms with van der Waals surface area (Å²) < 4.78 is 6.46. The first-order chi connectivity index (χ1) is 7.69.